The Morgan fingerprint density at radius 3 is 3.11 bits per heavy atom. The summed E-state index contributed by atoms with van der Waals surface area (Å²) in [4.78, 5) is 18.4. The fourth-order valence-electron chi connectivity index (χ4n) is 2.16. The van der Waals surface area contributed by atoms with Crippen molar-refractivity contribution < 1.29 is 4.79 Å². The molecule has 1 atom stereocenters. The third kappa shape index (κ3) is 2.66. The monoisotopic (exact) mass is 250 g/mol. The molecule has 1 N–H and O–H groups in total. The molecule has 100 valence electrons. The molecular formula is C13H22N4O. The van der Waals surface area contributed by atoms with Gasteiger partial charge in [0.15, 0.2) is 0 Å². The van der Waals surface area contributed by atoms with Crippen LogP contribution in [0.1, 0.15) is 37.2 Å². The summed E-state index contributed by atoms with van der Waals surface area (Å²) in [5, 5.41) is 3.21. The van der Waals surface area contributed by atoms with Crippen LogP contribution in [0.5, 0.6) is 0 Å². The van der Waals surface area contributed by atoms with Gasteiger partial charge in [-0.2, -0.15) is 0 Å². The molecule has 1 unspecified atom stereocenters. The normalized spacial score (nSPS) is 15.7. The van der Waals surface area contributed by atoms with Gasteiger partial charge in [-0.3, -0.25) is 4.79 Å². The second-order valence-electron chi connectivity index (χ2n) is 5.12. The number of imidazole rings is 1. The van der Waals surface area contributed by atoms with Gasteiger partial charge < -0.3 is 14.8 Å². The number of carbonyl (C=O) groups is 1. The molecule has 2 heterocycles. The van der Waals surface area contributed by atoms with Crippen LogP contribution in [0, 0.1) is 5.92 Å². The lowest BCUT2D eigenvalue weighted by Gasteiger charge is -2.19. The van der Waals surface area contributed by atoms with Gasteiger partial charge in [-0.05, 0) is 12.3 Å². The zero-order chi connectivity index (χ0) is 13.1. The van der Waals surface area contributed by atoms with Crippen LogP contribution in [0.3, 0.4) is 0 Å². The summed E-state index contributed by atoms with van der Waals surface area (Å²) in [7, 11) is 1.85. The second-order valence-corrected chi connectivity index (χ2v) is 5.12. The minimum absolute atomic E-state index is 0.0130. The summed E-state index contributed by atoms with van der Waals surface area (Å²) in [5.41, 5.74) is 0.546. The maximum atomic E-state index is 12.2. The van der Waals surface area contributed by atoms with Crippen molar-refractivity contribution in [2.75, 3.05) is 25.5 Å². The average molecular weight is 250 g/mol. The summed E-state index contributed by atoms with van der Waals surface area (Å²) < 4.78 is 2.02. The van der Waals surface area contributed by atoms with Gasteiger partial charge in [-0.15, -0.1) is 0 Å². The lowest BCUT2D eigenvalue weighted by atomic mass is 10.1. The van der Waals surface area contributed by atoms with Crippen LogP contribution in [0.2, 0.25) is 0 Å². The Labute approximate surface area is 108 Å². The zero-order valence-electron chi connectivity index (χ0n) is 11.4. The van der Waals surface area contributed by atoms with E-state index in [9.17, 15) is 4.79 Å². The number of anilines is 1. The van der Waals surface area contributed by atoms with Crippen molar-refractivity contribution in [3.05, 3.63) is 11.9 Å². The molecule has 1 aliphatic heterocycles. The lowest BCUT2D eigenvalue weighted by molar-refractivity contribution is 0.0769. The van der Waals surface area contributed by atoms with Gasteiger partial charge in [-0.1, -0.05) is 20.3 Å². The minimum Gasteiger partial charge on any atom is -0.356 e. The van der Waals surface area contributed by atoms with E-state index >= 15 is 0 Å². The van der Waals surface area contributed by atoms with Crippen LogP contribution in [0.25, 0.3) is 0 Å². The molecule has 0 radical (unpaired) electrons. The molecule has 0 bridgehead atoms. The molecule has 0 saturated heterocycles. The fraction of sp³-hybridized carbons (Fsp3) is 0.692. The van der Waals surface area contributed by atoms with Gasteiger partial charge in [0.2, 0.25) is 5.95 Å². The maximum Gasteiger partial charge on any atom is 0.273 e. The molecule has 1 aromatic heterocycles. The highest BCUT2D eigenvalue weighted by Crippen LogP contribution is 2.15. The molecule has 0 spiro atoms. The summed E-state index contributed by atoms with van der Waals surface area (Å²) in [6.45, 7) is 6.96. The van der Waals surface area contributed by atoms with E-state index in [4.69, 9.17) is 0 Å². The third-order valence-electron chi connectivity index (χ3n) is 3.48. The van der Waals surface area contributed by atoms with Crippen LogP contribution in [-0.2, 0) is 6.54 Å². The summed E-state index contributed by atoms with van der Waals surface area (Å²) in [6, 6.07) is 0. The molecule has 1 amide bonds. The molecule has 0 aliphatic carbocycles. The molecular weight excluding hydrogens is 228 g/mol. The highest BCUT2D eigenvalue weighted by Gasteiger charge is 2.20. The molecule has 5 heteroatoms. The predicted octanol–water partition coefficient (Wildman–Crippen LogP) is 1.82. The highest BCUT2D eigenvalue weighted by molar-refractivity contribution is 5.92. The Hall–Kier alpha value is -1.52. The Bertz CT molecular complexity index is 403. The first-order chi connectivity index (χ1) is 8.61. The summed E-state index contributed by atoms with van der Waals surface area (Å²) >= 11 is 0. The molecule has 1 aliphatic rings. The van der Waals surface area contributed by atoms with Crippen molar-refractivity contribution in [1.82, 2.24) is 14.5 Å². The van der Waals surface area contributed by atoms with E-state index in [2.05, 4.69) is 24.1 Å². The van der Waals surface area contributed by atoms with E-state index in [1.165, 1.54) is 0 Å². The van der Waals surface area contributed by atoms with Gasteiger partial charge in [0.1, 0.15) is 5.69 Å². The Balaban J connectivity index is 2.06. The molecule has 5 nitrogen and oxygen atoms in total. The summed E-state index contributed by atoms with van der Waals surface area (Å²) in [6.07, 6.45) is 4.02. The van der Waals surface area contributed by atoms with Gasteiger partial charge in [-0.25, -0.2) is 4.98 Å². The number of amides is 1. The van der Waals surface area contributed by atoms with Crippen molar-refractivity contribution in [2.45, 2.75) is 33.2 Å². The first-order valence-corrected chi connectivity index (χ1v) is 6.68. The number of hydrogen-bond acceptors (Lipinski definition) is 3. The average Bonchev–Trinajstić information content (AvgIpc) is 2.81. The van der Waals surface area contributed by atoms with Crippen molar-refractivity contribution in [3.8, 4) is 0 Å². The number of aryl methyl sites for hydroxylation is 1. The van der Waals surface area contributed by atoms with Crippen LogP contribution >= 0.6 is 0 Å². The molecule has 0 aromatic carbocycles. The quantitative estimate of drug-likeness (QED) is 0.886. The Morgan fingerprint density at radius 2 is 2.44 bits per heavy atom. The first-order valence-electron chi connectivity index (χ1n) is 6.68. The zero-order valence-corrected chi connectivity index (χ0v) is 11.4. The van der Waals surface area contributed by atoms with E-state index in [1.807, 2.05) is 17.8 Å². The smallest absolute Gasteiger partial charge is 0.273 e. The van der Waals surface area contributed by atoms with Crippen LogP contribution in [0.15, 0.2) is 6.20 Å². The van der Waals surface area contributed by atoms with Crippen molar-refractivity contribution >= 4 is 11.9 Å². The number of hydrogen-bond donors (Lipinski definition) is 1. The predicted molar refractivity (Wildman–Crippen MR) is 71.7 cm³/mol. The number of nitrogens with one attached hydrogen (secondary N) is 1. The van der Waals surface area contributed by atoms with E-state index in [0.29, 0.717) is 11.6 Å². The highest BCUT2D eigenvalue weighted by atomic mass is 16.2. The van der Waals surface area contributed by atoms with Gasteiger partial charge in [0.05, 0.1) is 0 Å². The van der Waals surface area contributed by atoms with Crippen molar-refractivity contribution in [2.24, 2.45) is 5.92 Å². The number of aromatic nitrogens is 2. The van der Waals surface area contributed by atoms with E-state index in [0.717, 1.165) is 38.4 Å². The van der Waals surface area contributed by atoms with Crippen LogP contribution < -0.4 is 5.32 Å². The van der Waals surface area contributed by atoms with Crippen LogP contribution in [-0.4, -0.2) is 40.5 Å². The number of rotatable bonds is 4. The van der Waals surface area contributed by atoms with E-state index < -0.39 is 0 Å². The van der Waals surface area contributed by atoms with Crippen molar-refractivity contribution in [1.29, 1.82) is 0 Å². The van der Waals surface area contributed by atoms with Crippen molar-refractivity contribution in [3.63, 3.8) is 0 Å². The van der Waals surface area contributed by atoms with Crippen LogP contribution in [0.4, 0.5) is 5.95 Å². The fourth-order valence-corrected chi connectivity index (χ4v) is 2.16. The maximum absolute atomic E-state index is 12.2. The molecule has 2 rings (SSSR count). The molecule has 0 fully saturated rings. The standard InChI is InChI=1S/C13H22N4O/c1-4-10(2)8-16(3)12(18)11-9-17-7-5-6-14-13(17)15-11/h9-10H,4-8H2,1-3H3,(H,14,15). The molecule has 0 saturated carbocycles. The SMILES string of the molecule is CCC(C)CN(C)C(=O)c1cn2c(n1)NCCC2. The summed E-state index contributed by atoms with van der Waals surface area (Å²) in [5.74, 6) is 1.36. The Morgan fingerprint density at radius 1 is 1.67 bits per heavy atom. The lowest BCUT2D eigenvalue weighted by Crippen LogP contribution is -2.31. The number of nitrogens with zero attached hydrogens (tertiary/aromatic N) is 3. The van der Waals surface area contributed by atoms with Gasteiger partial charge in [0.25, 0.3) is 5.91 Å². The second kappa shape index (κ2) is 5.42. The molecule has 1 aromatic rings. The largest absolute Gasteiger partial charge is 0.356 e. The first kappa shape index (κ1) is 12.9. The van der Waals surface area contributed by atoms with E-state index in [1.54, 1.807) is 4.90 Å². The Kier molecular flexibility index (Phi) is 3.89. The van der Waals surface area contributed by atoms with Gasteiger partial charge in [0, 0.05) is 32.9 Å². The minimum atomic E-state index is 0.0130. The van der Waals surface area contributed by atoms with E-state index in [-0.39, 0.29) is 5.91 Å². The molecule has 18 heavy (non-hydrogen) atoms. The third-order valence-corrected chi connectivity index (χ3v) is 3.48. The number of carbonyl (C=O) groups excluding carboxylic acids is 1. The van der Waals surface area contributed by atoms with Gasteiger partial charge >= 0.3 is 0 Å². The number of fused-ring (bicyclic) bond motifs is 1. The topological polar surface area (TPSA) is 50.2 Å².